The van der Waals surface area contributed by atoms with E-state index < -0.39 is 5.82 Å². The van der Waals surface area contributed by atoms with Crippen molar-refractivity contribution >= 4 is 28.3 Å². The molecule has 0 bridgehead atoms. The molecule has 11 heteroatoms. The largest absolute Gasteiger partial charge is 0.494 e. The highest BCUT2D eigenvalue weighted by molar-refractivity contribution is 7.15. The predicted molar refractivity (Wildman–Crippen MR) is 149 cm³/mol. The number of nitrogens with zero attached hydrogens (tertiary/aromatic N) is 2. The summed E-state index contributed by atoms with van der Waals surface area (Å²) in [6, 6.07) is 4.30. The van der Waals surface area contributed by atoms with E-state index in [0.717, 1.165) is 23.4 Å². The van der Waals surface area contributed by atoms with Crippen LogP contribution in [0.15, 0.2) is 65.7 Å². The van der Waals surface area contributed by atoms with Crippen LogP contribution in [0, 0.1) is 5.82 Å². The molecule has 204 valence electrons. The van der Waals surface area contributed by atoms with E-state index in [-0.39, 0.29) is 36.2 Å². The lowest BCUT2D eigenvalue weighted by Gasteiger charge is -2.05. The van der Waals surface area contributed by atoms with Gasteiger partial charge in [0.05, 0.1) is 13.5 Å². The summed E-state index contributed by atoms with van der Waals surface area (Å²) in [5.41, 5.74) is 14.1. The highest BCUT2D eigenvalue weighted by Gasteiger charge is 2.11. The molecule has 0 saturated carbocycles. The van der Waals surface area contributed by atoms with Crippen molar-refractivity contribution in [3.05, 3.63) is 82.1 Å². The monoisotopic (exact) mass is 542 g/mol. The second-order valence-corrected chi connectivity index (χ2v) is 9.59. The van der Waals surface area contributed by atoms with Crippen molar-refractivity contribution in [1.82, 2.24) is 15.5 Å². The van der Waals surface area contributed by atoms with Gasteiger partial charge in [-0.15, -0.1) is 10.2 Å². The van der Waals surface area contributed by atoms with Gasteiger partial charge in [-0.1, -0.05) is 41.2 Å². The summed E-state index contributed by atoms with van der Waals surface area (Å²) in [5, 5.41) is 14.7. The number of unbranched alkanes of at least 4 members (excludes halogenated alkanes) is 1. The van der Waals surface area contributed by atoms with Crippen LogP contribution >= 0.6 is 11.3 Å². The minimum Gasteiger partial charge on any atom is -0.494 e. The van der Waals surface area contributed by atoms with Gasteiger partial charge in [-0.2, -0.15) is 0 Å². The third-order valence-electron chi connectivity index (χ3n) is 5.17. The molecule has 2 rings (SSSR count). The summed E-state index contributed by atoms with van der Waals surface area (Å²) >= 11 is 1.31. The fourth-order valence-corrected chi connectivity index (χ4v) is 4.07. The lowest BCUT2D eigenvalue weighted by Crippen LogP contribution is -2.27. The van der Waals surface area contributed by atoms with Crippen LogP contribution in [0.25, 0.3) is 0 Å². The Hall–Kier alpha value is -3.99. The Morgan fingerprint density at radius 1 is 1.13 bits per heavy atom. The fraction of sp³-hybridized carbons (Fsp3) is 0.333. The van der Waals surface area contributed by atoms with Crippen LogP contribution in [0.1, 0.15) is 50.1 Å². The molecular weight excluding hydrogens is 507 g/mol. The maximum Gasteiger partial charge on any atom is 0.230 e. The Bertz CT molecular complexity index is 1220. The number of rotatable bonds is 14. The number of allylic oxidation sites excluding steroid dienone is 6. The van der Waals surface area contributed by atoms with Gasteiger partial charge < -0.3 is 26.8 Å². The van der Waals surface area contributed by atoms with E-state index in [1.807, 2.05) is 32.1 Å². The zero-order chi connectivity index (χ0) is 27.9. The van der Waals surface area contributed by atoms with E-state index in [1.54, 1.807) is 12.2 Å². The van der Waals surface area contributed by atoms with Gasteiger partial charge in [-0.05, 0) is 63.0 Å². The number of carbonyl (C=O) groups excluding carboxylic acids is 2. The smallest absolute Gasteiger partial charge is 0.230 e. The van der Waals surface area contributed by atoms with Crippen LogP contribution < -0.4 is 26.8 Å². The highest BCUT2D eigenvalue weighted by atomic mass is 32.1. The molecule has 0 aliphatic rings. The van der Waals surface area contributed by atoms with Crippen molar-refractivity contribution in [3.63, 3.8) is 0 Å². The van der Waals surface area contributed by atoms with E-state index >= 15 is 0 Å². The van der Waals surface area contributed by atoms with Crippen molar-refractivity contribution in [2.45, 2.75) is 52.4 Å². The third-order valence-corrected chi connectivity index (χ3v) is 6.07. The van der Waals surface area contributed by atoms with Gasteiger partial charge in [-0.3, -0.25) is 9.59 Å². The lowest BCUT2D eigenvalue weighted by molar-refractivity contribution is -0.119. The van der Waals surface area contributed by atoms with E-state index in [0.29, 0.717) is 29.2 Å². The number of halogens is 1. The lowest BCUT2D eigenvalue weighted by atomic mass is 10.1. The van der Waals surface area contributed by atoms with Gasteiger partial charge in [-0.25, -0.2) is 4.39 Å². The zero-order valence-electron chi connectivity index (χ0n) is 21.9. The van der Waals surface area contributed by atoms with E-state index in [9.17, 15) is 14.0 Å². The summed E-state index contributed by atoms with van der Waals surface area (Å²) < 4.78 is 18.5. The summed E-state index contributed by atoms with van der Waals surface area (Å²) in [5.74, 6) is -0.616. The van der Waals surface area contributed by atoms with Crippen LogP contribution in [-0.2, 0) is 22.4 Å². The second-order valence-electron chi connectivity index (χ2n) is 8.53. The molecule has 0 unspecified atom stereocenters. The molecule has 1 aromatic heterocycles. The van der Waals surface area contributed by atoms with Crippen LogP contribution in [0.5, 0.6) is 5.75 Å². The Morgan fingerprint density at radius 3 is 2.66 bits per heavy atom. The topological polar surface area (TPSA) is 145 Å². The second kappa shape index (κ2) is 16.0. The first-order valence-electron chi connectivity index (χ1n) is 12.1. The molecule has 1 aromatic carbocycles. The van der Waals surface area contributed by atoms with Gasteiger partial charge in [0.2, 0.25) is 16.9 Å². The van der Waals surface area contributed by atoms with Crippen molar-refractivity contribution in [2.24, 2.45) is 11.5 Å². The number of carbonyl (C=O) groups is 2. The van der Waals surface area contributed by atoms with Gasteiger partial charge in [0.1, 0.15) is 10.8 Å². The van der Waals surface area contributed by atoms with Gasteiger partial charge in [0, 0.05) is 18.5 Å². The number of nitrogens with one attached hydrogen (secondary N) is 2. The number of amides is 2. The third kappa shape index (κ3) is 11.4. The van der Waals surface area contributed by atoms with Crippen LogP contribution in [0.2, 0.25) is 0 Å². The minimum atomic E-state index is -0.480. The Labute approximate surface area is 226 Å². The van der Waals surface area contributed by atoms with Gasteiger partial charge >= 0.3 is 0 Å². The number of methoxy groups -OCH3 is 1. The number of hydrogen-bond donors (Lipinski definition) is 4. The molecule has 0 saturated heterocycles. The molecule has 0 spiro atoms. The molecule has 1 heterocycles. The maximum absolute atomic E-state index is 13.5. The molecule has 0 fully saturated rings. The average Bonchev–Trinajstić information content (AvgIpc) is 3.31. The molecule has 2 amide bonds. The van der Waals surface area contributed by atoms with Crippen LogP contribution in [0.3, 0.4) is 0 Å². The fourth-order valence-electron chi connectivity index (χ4n) is 3.27. The maximum atomic E-state index is 13.5. The van der Waals surface area contributed by atoms with Gasteiger partial charge in [0.25, 0.3) is 0 Å². The van der Waals surface area contributed by atoms with Crippen molar-refractivity contribution < 1.29 is 18.7 Å². The number of ether oxygens (including phenoxy) is 1. The standard InChI is InChI=1S/C27H35FN6O3S/c1-4-5-8-18(2)15-24(35)31-23(30)14-12-20(29)9-6-7-10-26-33-34-27(38-26)32-25(36)17-19-11-13-21(28)22(16-19)37-3/h4-5,8,11-14,16H,6-7,9-10,15,17,29-30H2,1-3H3,(H,31,35)(H,32,34,36)/b5-4-,18-8+,20-12-,23-14+. The van der Waals surface area contributed by atoms with Crippen molar-refractivity contribution in [1.29, 1.82) is 0 Å². The van der Waals surface area contributed by atoms with E-state index in [4.69, 9.17) is 16.2 Å². The summed E-state index contributed by atoms with van der Waals surface area (Å²) in [4.78, 5) is 24.3. The SMILES string of the molecule is C/C=C\C=C(/C)CC(=O)N/C(N)=C/C=C(\N)CCCCc1nnc(NC(=O)Cc2ccc(F)c(OC)c2)s1. The summed E-state index contributed by atoms with van der Waals surface area (Å²) in [6.07, 6.45) is 12.3. The molecule has 0 radical (unpaired) electrons. The van der Waals surface area contributed by atoms with E-state index in [1.165, 1.54) is 36.6 Å². The van der Waals surface area contributed by atoms with Crippen LogP contribution in [0.4, 0.5) is 9.52 Å². The number of anilines is 1. The Balaban J connectivity index is 1.71. The first kappa shape index (κ1) is 30.2. The molecule has 38 heavy (non-hydrogen) atoms. The van der Waals surface area contributed by atoms with Crippen molar-refractivity contribution in [2.75, 3.05) is 12.4 Å². The molecular formula is C27H35FN6O3S. The quantitative estimate of drug-likeness (QED) is 0.206. The summed E-state index contributed by atoms with van der Waals surface area (Å²) in [7, 11) is 1.37. The number of nitrogens with two attached hydrogens (primary N) is 2. The van der Waals surface area contributed by atoms with Crippen LogP contribution in [-0.4, -0.2) is 29.1 Å². The van der Waals surface area contributed by atoms with Gasteiger partial charge in [0.15, 0.2) is 11.6 Å². The highest BCUT2D eigenvalue weighted by Crippen LogP contribution is 2.20. The zero-order valence-corrected chi connectivity index (χ0v) is 22.7. The molecule has 9 nitrogen and oxygen atoms in total. The number of aromatic nitrogens is 2. The van der Waals surface area contributed by atoms with Crippen molar-refractivity contribution in [3.8, 4) is 5.75 Å². The number of hydrogen-bond acceptors (Lipinski definition) is 8. The average molecular weight is 543 g/mol. The molecule has 0 atom stereocenters. The minimum absolute atomic E-state index is 0.0626. The first-order valence-corrected chi connectivity index (χ1v) is 13.0. The Kier molecular flexibility index (Phi) is 12.7. The first-order chi connectivity index (χ1) is 18.2. The molecule has 0 aliphatic heterocycles. The molecule has 0 aliphatic carbocycles. The summed E-state index contributed by atoms with van der Waals surface area (Å²) in [6.45, 7) is 3.79. The predicted octanol–water partition coefficient (Wildman–Crippen LogP) is 4.25. The number of benzene rings is 1. The molecule has 2 aromatic rings. The van der Waals surface area contributed by atoms with E-state index in [2.05, 4.69) is 20.8 Å². The Morgan fingerprint density at radius 2 is 1.92 bits per heavy atom. The molecule has 6 N–H and O–H groups in total. The number of aryl methyl sites for hydroxylation is 1. The normalized spacial score (nSPS) is 12.6.